The first-order valence-electron chi connectivity index (χ1n) is 7.59. The minimum Gasteiger partial charge on any atom is -0.370 e. The van der Waals surface area contributed by atoms with Crippen LogP contribution in [0.2, 0.25) is 0 Å². The topological polar surface area (TPSA) is 39.2 Å². The summed E-state index contributed by atoms with van der Waals surface area (Å²) < 4.78 is 5.74. The van der Waals surface area contributed by atoms with Crippen LogP contribution in [-0.2, 0) is 4.74 Å². The molecule has 0 aliphatic heterocycles. The highest BCUT2D eigenvalue weighted by molar-refractivity contribution is 6.11. The van der Waals surface area contributed by atoms with Gasteiger partial charge in [0.05, 0.1) is 0 Å². The molecule has 110 valence electrons. The molecule has 2 aromatic rings. The molecule has 0 amide bonds. The number of ketones is 1. The van der Waals surface area contributed by atoms with E-state index in [1.165, 1.54) is 6.42 Å². The SMILES string of the molecule is COC1(C(=O)c2cncc3ccccc23)CCCC(C)C1. The van der Waals surface area contributed by atoms with Gasteiger partial charge in [0.1, 0.15) is 5.60 Å². The van der Waals surface area contributed by atoms with Crippen molar-refractivity contribution >= 4 is 16.6 Å². The summed E-state index contributed by atoms with van der Waals surface area (Å²) in [4.78, 5) is 17.4. The Morgan fingerprint density at radius 2 is 2.14 bits per heavy atom. The second kappa shape index (κ2) is 5.57. The number of nitrogens with zero attached hydrogens (tertiary/aromatic N) is 1. The number of aromatic nitrogens is 1. The zero-order valence-electron chi connectivity index (χ0n) is 12.6. The first-order chi connectivity index (χ1) is 10.2. The van der Waals surface area contributed by atoms with Gasteiger partial charge in [-0.3, -0.25) is 9.78 Å². The van der Waals surface area contributed by atoms with E-state index in [1.807, 2.05) is 24.3 Å². The van der Waals surface area contributed by atoms with Crippen molar-refractivity contribution in [3.8, 4) is 0 Å². The average molecular weight is 283 g/mol. The minimum absolute atomic E-state index is 0.0841. The van der Waals surface area contributed by atoms with Crippen molar-refractivity contribution < 1.29 is 9.53 Å². The molecule has 1 aromatic heterocycles. The Labute approximate surface area is 125 Å². The smallest absolute Gasteiger partial charge is 0.196 e. The van der Waals surface area contributed by atoms with Crippen molar-refractivity contribution in [2.45, 2.75) is 38.2 Å². The van der Waals surface area contributed by atoms with Gasteiger partial charge in [0.2, 0.25) is 0 Å². The van der Waals surface area contributed by atoms with Crippen LogP contribution in [0, 0.1) is 5.92 Å². The first-order valence-corrected chi connectivity index (χ1v) is 7.59. The summed E-state index contributed by atoms with van der Waals surface area (Å²) in [6.45, 7) is 2.20. The van der Waals surface area contributed by atoms with Crippen molar-refractivity contribution in [3.05, 3.63) is 42.2 Å². The van der Waals surface area contributed by atoms with E-state index in [4.69, 9.17) is 4.74 Å². The lowest BCUT2D eigenvalue weighted by molar-refractivity contribution is -0.0301. The Morgan fingerprint density at radius 3 is 2.90 bits per heavy atom. The Morgan fingerprint density at radius 1 is 1.33 bits per heavy atom. The van der Waals surface area contributed by atoms with E-state index in [-0.39, 0.29) is 5.78 Å². The van der Waals surface area contributed by atoms with E-state index in [0.717, 1.165) is 30.0 Å². The molecular weight excluding hydrogens is 262 g/mol. The third-order valence-electron chi connectivity index (χ3n) is 4.67. The summed E-state index contributed by atoms with van der Waals surface area (Å²) in [5.41, 5.74) is 0.00719. The van der Waals surface area contributed by atoms with Gasteiger partial charge in [-0.2, -0.15) is 0 Å². The van der Waals surface area contributed by atoms with Gasteiger partial charge in [-0.05, 0) is 30.6 Å². The number of carbonyl (C=O) groups is 1. The van der Waals surface area contributed by atoms with Crippen LogP contribution in [0.3, 0.4) is 0 Å². The number of Topliss-reactive ketones (excluding diaryl/α,β-unsaturated/α-hetero) is 1. The summed E-state index contributed by atoms with van der Waals surface area (Å²) in [5.74, 6) is 0.603. The fraction of sp³-hybridized carbons (Fsp3) is 0.444. The number of carbonyl (C=O) groups excluding carboxylic acids is 1. The molecule has 0 saturated heterocycles. The van der Waals surface area contributed by atoms with Crippen molar-refractivity contribution in [2.75, 3.05) is 7.11 Å². The summed E-state index contributed by atoms with van der Waals surface area (Å²) >= 11 is 0. The molecule has 1 saturated carbocycles. The molecular formula is C18H21NO2. The van der Waals surface area contributed by atoms with Gasteiger partial charge in [0.25, 0.3) is 0 Å². The highest BCUT2D eigenvalue weighted by atomic mass is 16.5. The maximum absolute atomic E-state index is 13.1. The number of ether oxygens (including phenoxy) is 1. The second-order valence-electron chi connectivity index (χ2n) is 6.14. The standard InChI is InChI=1S/C18H21NO2/c1-13-6-5-9-18(10-13,21-2)17(20)16-12-19-11-14-7-3-4-8-15(14)16/h3-4,7-8,11-13H,5-6,9-10H2,1-2H3. The summed E-state index contributed by atoms with van der Waals surface area (Å²) in [6, 6.07) is 7.90. The Hall–Kier alpha value is -1.74. The van der Waals surface area contributed by atoms with Gasteiger partial charge in [-0.15, -0.1) is 0 Å². The molecule has 0 bridgehead atoms. The van der Waals surface area contributed by atoms with Gasteiger partial charge in [0, 0.05) is 30.5 Å². The molecule has 0 radical (unpaired) electrons. The Balaban J connectivity index is 2.07. The van der Waals surface area contributed by atoms with Gasteiger partial charge >= 0.3 is 0 Å². The summed E-state index contributed by atoms with van der Waals surface area (Å²) in [6.07, 6.45) is 7.30. The molecule has 1 heterocycles. The van der Waals surface area contributed by atoms with Crippen LogP contribution in [-0.4, -0.2) is 23.5 Å². The number of hydrogen-bond acceptors (Lipinski definition) is 3. The largest absolute Gasteiger partial charge is 0.370 e. The van der Waals surface area contributed by atoms with Gasteiger partial charge in [-0.1, -0.05) is 37.6 Å². The molecule has 3 rings (SSSR count). The third kappa shape index (κ3) is 2.46. The van der Waals surface area contributed by atoms with Crippen molar-refractivity contribution in [1.82, 2.24) is 4.98 Å². The van der Waals surface area contributed by atoms with Crippen LogP contribution >= 0.6 is 0 Å². The van der Waals surface area contributed by atoms with Crippen molar-refractivity contribution in [1.29, 1.82) is 0 Å². The molecule has 1 aromatic carbocycles. The zero-order chi connectivity index (χ0) is 14.9. The van der Waals surface area contributed by atoms with Gasteiger partial charge < -0.3 is 4.74 Å². The normalized spacial score (nSPS) is 25.9. The van der Waals surface area contributed by atoms with Crippen molar-refractivity contribution in [2.24, 2.45) is 5.92 Å². The molecule has 2 atom stereocenters. The van der Waals surface area contributed by atoms with Crippen molar-refractivity contribution in [3.63, 3.8) is 0 Å². The molecule has 1 aliphatic rings. The number of methoxy groups -OCH3 is 1. The number of rotatable bonds is 3. The third-order valence-corrected chi connectivity index (χ3v) is 4.67. The Bertz CT molecular complexity index is 662. The quantitative estimate of drug-likeness (QED) is 0.799. The fourth-order valence-electron chi connectivity index (χ4n) is 3.53. The van der Waals surface area contributed by atoms with Crippen LogP contribution in [0.5, 0.6) is 0 Å². The van der Waals surface area contributed by atoms with E-state index in [1.54, 1.807) is 19.5 Å². The predicted molar refractivity (Wildman–Crippen MR) is 83.4 cm³/mol. The molecule has 2 unspecified atom stereocenters. The van der Waals surface area contributed by atoms with Crippen LogP contribution < -0.4 is 0 Å². The van der Waals surface area contributed by atoms with E-state index < -0.39 is 5.60 Å². The van der Waals surface area contributed by atoms with E-state index in [0.29, 0.717) is 11.5 Å². The highest BCUT2D eigenvalue weighted by Gasteiger charge is 2.42. The fourth-order valence-corrected chi connectivity index (χ4v) is 3.53. The molecule has 3 nitrogen and oxygen atoms in total. The van der Waals surface area contributed by atoms with E-state index in [2.05, 4.69) is 11.9 Å². The zero-order valence-corrected chi connectivity index (χ0v) is 12.6. The summed E-state index contributed by atoms with van der Waals surface area (Å²) in [7, 11) is 1.66. The lowest BCUT2D eigenvalue weighted by Crippen LogP contribution is -2.44. The number of benzene rings is 1. The lowest BCUT2D eigenvalue weighted by Gasteiger charge is -2.37. The van der Waals surface area contributed by atoms with Gasteiger partial charge in [-0.25, -0.2) is 0 Å². The average Bonchev–Trinajstić information content (AvgIpc) is 2.53. The molecule has 1 fully saturated rings. The van der Waals surface area contributed by atoms with Crippen LogP contribution in [0.1, 0.15) is 43.0 Å². The number of pyridine rings is 1. The molecule has 21 heavy (non-hydrogen) atoms. The molecule has 1 aliphatic carbocycles. The van der Waals surface area contributed by atoms with Crippen LogP contribution in [0.15, 0.2) is 36.7 Å². The maximum atomic E-state index is 13.1. The molecule has 0 spiro atoms. The monoisotopic (exact) mass is 283 g/mol. The number of hydrogen-bond donors (Lipinski definition) is 0. The van der Waals surface area contributed by atoms with Crippen LogP contribution in [0.25, 0.3) is 10.8 Å². The molecule has 0 N–H and O–H groups in total. The number of fused-ring (bicyclic) bond motifs is 1. The predicted octanol–water partition coefficient (Wildman–Crippen LogP) is 4.01. The minimum atomic E-state index is -0.677. The Kier molecular flexibility index (Phi) is 3.77. The second-order valence-corrected chi connectivity index (χ2v) is 6.14. The molecule has 3 heteroatoms. The van der Waals surface area contributed by atoms with Gasteiger partial charge in [0.15, 0.2) is 5.78 Å². The van der Waals surface area contributed by atoms with E-state index in [9.17, 15) is 4.79 Å². The summed E-state index contributed by atoms with van der Waals surface area (Å²) in [5, 5.41) is 1.96. The van der Waals surface area contributed by atoms with Crippen LogP contribution in [0.4, 0.5) is 0 Å². The van der Waals surface area contributed by atoms with E-state index >= 15 is 0 Å². The first kappa shape index (κ1) is 14.2. The highest BCUT2D eigenvalue weighted by Crippen LogP contribution is 2.38. The maximum Gasteiger partial charge on any atom is 0.196 e. The lowest BCUT2D eigenvalue weighted by atomic mass is 9.74.